The number of carbonyl (C=O) groups excluding carboxylic acids is 1. The fourth-order valence-corrected chi connectivity index (χ4v) is 1.62. The minimum absolute atomic E-state index is 0.0903. The lowest BCUT2D eigenvalue weighted by molar-refractivity contribution is -0.109. The molecule has 0 heterocycles. The van der Waals surface area contributed by atoms with Crippen molar-refractivity contribution in [3.05, 3.63) is 29.8 Å². The zero-order chi connectivity index (χ0) is 12.0. The van der Waals surface area contributed by atoms with E-state index in [1.54, 1.807) is 25.3 Å². The van der Waals surface area contributed by atoms with Gasteiger partial charge in [0.2, 0.25) is 0 Å². The van der Waals surface area contributed by atoms with Crippen molar-refractivity contribution in [2.24, 2.45) is 0 Å². The molecule has 0 aliphatic rings. The van der Waals surface area contributed by atoms with Crippen molar-refractivity contribution in [1.82, 2.24) is 0 Å². The maximum atomic E-state index is 10.7. The first kappa shape index (κ1) is 12.6. The lowest BCUT2D eigenvalue weighted by Crippen LogP contribution is -1.86. The van der Waals surface area contributed by atoms with Gasteiger partial charge in [0.1, 0.15) is 11.5 Å². The minimum atomic E-state index is 0.0903. The zero-order valence-electron chi connectivity index (χ0n) is 9.27. The number of rotatable bonds is 4. The van der Waals surface area contributed by atoms with Crippen LogP contribution in [0.5, 0.6) is 11.5 Å². The van der Waals surface area contributed by atoms with E-state index in [0.29, 0.717) is 11.5 Å². The van der Waals surface area contributed by atoms with Crippen LogP contribution in [0.15, 0.2) is 24.3 Å². The number of methoxy groups -OCH3 is 1. The normalized spacial score (nSPS) is 10.6. The van der Waals surface area contributed by atoms with E-state index in [1.165, 1.54) is 18.7 Å². The first-order valence-electron chi connectivity index (χ1n) is 4.80. The second-order valence-corrected chi connectivity index (χ2v) is 4.33. The highest BCUT2D eigenvalue weighted by atomic mass is 32.2. The summed E-state index contributed by atoms with van der Waals surface area (Å²) in [7, 11) is 1.58. The zero-order valence-corrected chi connectivity index (χ0v) is 10.1. The molecule has 0 atom stereocenters. The molecule has 86 valence electrons. The first-order chi connectivity index (χ1) is 7.63. The molecule has 0 amide bonds. The standard InChI is InChI=1S/C12H14O3S/c1-9(13)16-7-3-4-10-8-11(14)5-6-12(10)15-2/h3-6,8,14H,7H2,1-2H3. The van der Waals surface area contributed by atoms with Crippen LogP contribution in [0.2, 0.25) is 0 Å². The van der Waals surface area contributed by atoms with Gasteiger partial charge in [-0.15, -0.1) is 0 Å². The summed E-state index contributed by atoms with van der Waals surface area (Å²) in [5.41, 5.74) is 0.798. The van der Waals surface area contributed by atoms with Crippen LogP contribution in [-0.2, 0) is 4.79 Å². The fourth-order valence-electron chi connectivity index (χ4n) is 1.19. The molecule has 0 spiro atoms. The molecule has 3 nitrogen and oxygen atoms in total. The summed E-state index contributed by atoms with van der Waals surface area (Å²) in [6, 6.07) is 4.89. The number of benzene rings is 1. The molecule has 4 heteroatoms. The molecule has 1 N–H and O–H groups in total. The lowest BCUT2D eigenvalue weighted by Gasteiger charge is -2.04. The van der Waals surface area contributed by atoms with E-state index in [1.807, 2.05) is 12.2 Å². The molecule has 0 saturated carbocycles. The number of hydrogen-bond acceptors (Lipinski definition) is 4. The third kappa shape index (κ3) is 3.98. The molecule has 0 radical (unpaired) electrons. The summed E-state index contributed by atoms with van der Waals surface area (Å²) >= 11 is 1.24. The molecule has 0 aromatic heterocycles. The van der Waals surface area contributed by atoms with Crippen LogP contribution in [0, 0.1) is 0 Å². The molecule has 0 bridgehead atoms. The van der Waals surface area contributed by atoms with E-state index in [0.717, 1.165) is 5.56 Å². The Hall–Kier alpha value is -1.42. The third-order valence-corrected chi connectivity index (χ3v) is 2.66. The molecule has 1 aromatic rings. The highest BCUT2D eigenvalue weighted by Gasteiger charge is 2.00. The lowest BCUT2D eigenvalue weighted by atomic mass is 10.2. The van der Waals surface area contributed by atoms with E-state index >= 15 is 0 Å². The van der Waals surface area contributed by atoms with Gasteiger partial charge in [-0.3, -0.25) is 4.79 Å². The van der Waals surface area contributed by atoms with Crippen LogP contribution in [0.4, 0.5) is 0 Å². The van der Waals surface area contributed by atoms with Crippen LogP contribution in [0.1, 0.15) is 12.5 Å². The average molecular weight is 238 g/mol. The van der Waals surface area contributed by atoms with Gasteiger partial charge in [-0.05, 0) is 18.2 Å². The molecule has 0 saturated heterocycles. The second-order valence-electron chi connectivity index (χ2n) is 3.13. The van der Waals surface area contributed by atoms with E-state index in [-0.39, 0.29) is 10.9 Å². The molecule has 0 fully saturated rings. The molecule has 0 unspecified atom stereocenters. The predicted molar refractivity (Wildman–Crippen MR) is 66.8 cm³/mol. The second kappa shape index (κ2) is 6.23. The topological polar surface area (TPSA) is 46.5 Å². The highest BCUT2D eigenvalue weighted by molar-refractivity contribution is 8.13. The van der Waals surface area contributed by atoms with E-state index in [9.17, 15) is 9.90 Å². The SMILES string of the molecule is COc1ccc(O)cc1C=CCSC(C)=O. The number of phenols is 1. The number of thioether (sulfide) groups is 1. The van der Waals surface area contributed by atoms with E-state index in [2.05, 4.69) is 0 Å². The van der Waals surface area contributed by atoms with Gasteiger partial charge in [-0.1, -0.05) is 23.9 Å². The summed E-state index contributed by atoms with van der Waals surface area (Å²) in [5.74, 6) is 1.51. The largest absolute Gasteiger partial charge is 0.508 e. The maximum absolute atomic E-state index is 10.7. The highest BCUT2D eigenvalue weighted by Crippen LogP contribution is 2.24. The molecular weight excluding hydrogens is 224 g/mol. The number of ether oxygens (including phenoxy) is 1. The van der Waals surface area contributed by atoms with Crippen LogP contribution in [-0.4, -0.2) is 23.1 Å². The van der Waals surface area contributed by atoms with Crippen LogP contribution < -0.4 is 4.74 Å². The number of hydrogen-bond donors (Lipinski definition) is 1. The summed E-state index contributed by atoms with van der Waals surface area (Å²) in [6.45, 7) is 1.54. The Labute approximate surface area is 99.1 Å². The van der Waals surface area contributed by atoms with Gasteiger partial charge >= 0.3 is 0 Å². The van der Waals surface area contributed by atoms with Crippen molar-refractivity contribution in [3.63, 3.8) is 0 Å². The fraction of sp³-hybridized carbons (Fsp3) is 0.250. The summed E-state index contributed by atoms with van der Waals surface area (Å²) in [5, 5.41) is 9.42. The molecule has 0 aliphatic carbocycles. The smallest absolute Gasteiger partial charge is 0.186 e. The Balaban J connectivity index is 2.71. The molecular formula is C12H14O3S. The number of phenolic OH excluding ortho intramolecular Hbond substituents is 1. The van der Waals surface area contributed by atoms with Gasteiger partial charge in [-0.2, -0.15) is 0 Å². The van der Waals surface area contributed by atoms with E-state index < -0.39 is 0 Å². The monoisotopic (exact) mass is 238 g/mol. The Morgan fingerprint density at radius 1 is 1.56 bits per heavy atom. The molecule has 0 aliphatic heterocycles. The molecule has 1 rings (SSSR count). The first-order valence-corrected chi connectivity index (χ1v) is 5.79. The quantitative estimate of drug-likeness (QED) is 0.876. The Bertz CT molecular complexity index is 399. The number of carbonyl (C=O) groups is 1. The van der Waals surface area contributed by atoms with Crippen molar-refractivity contribution in [1.29, 1.82) is 0 Å². The van der Waals surface area contributed by atoms with Crippen LogP contribution in [0.3, 0.4) is 0 Å². The van der Waals surface area contributed by atoms with Crippen LogP contribution >= 0.6 is 11.8 Å². The Morgan fingerprint density at radius 2 is 2.31 bits per heavy atom. The summed E-state index contributed by atoms with van der Waals surface area (Å²) in [6.07, 6.45) is 3.69. The molecule has 1 aromatic carbocycles. The molecule has 16 heavy (non-hydrogen) atoms. The van der Waals surface area contributed by atoms with E-state index in [4.69, 9.17) is 4.74 Å². The minimum Gasteiger partial charge on any atom is -0.508 e. The van der Waals surface area contributed by atoms with Gasteiger partial charge in [-0.25, -0.2) is 0 Å². The Kier molecular flexibility index (Phi) is 4.92. The van der Waals surface area contributed by atoms with Crippen molar-refractivity contribution in [3.8, 4) is 11.5 Å². The summed E-state index contributed by atoms with van der Waals surface area (Å²) in [4.78, 5) is 10.7. The van der Waals surface area contributed by atoms with Gasteiger partial charge < -0.3 is 9.84 Å². The third-order valence-electron chi connectivity index (χ3n) is 1.89. The predicted octanol–water partition coefficient (Wildman–Crippen LogP) is 2.69. The van der Waals surface area contributed by atoms with Gasteiger partial charge in [0, 0.05) is 18.2 Å². The van der Waals surface area contributed by atoms with Crippen molar-refractivity contribution < 1.29 is 14.6 Å². The van der Waals surface area contributed by atoms with Crippen molar-refractivity contribution >= 4 is 23.0 Å². The van der Waals surface area contributed by atoms with Gasteiger partial charge in [0.25, 0.3) is 0 Å². The summed E-state index contributed by atoms with van der Waals surface area (Å²) < 4.78 is 5.14. The van der Waals surface area contributed by atoms with Crippen molar-refractivity contribution in [2.75, 3.05) is 12.9 Å². The van der Waals surface area contributed by atoms with Crippen molar-refractivity contribution in [2.45, 2.75) is 6.92 Å². The van der Waals surface area contributed by atoms with Gasteiger partial charge in [0.05, 0.1) is 7.11 Å². The number of aromatic hydroxyl groups is 1. The Morgan fingerprint density at radius 3 is 2.94 bits per heavy atom. The van der Waals surface area contributed by atoms with Gasteiger partial charge in [0.15, 0.2) is 5.12 Å². The van der Waals surface area contributed by atoms with Crippen LogP contribution in [0.25, 0.3) is 6.08 Å². The maximum Gasteiger partial charge on any atom is 0.186 e. The average Bonchev–Trinajstić information content (AvgIpc) is 2.24.